The van der Waals surface area contributed by atoms with E-state index in [-0.39, 0.29) is 55.3 Å². The number of aliphatic hydroxyl groups excluding tert-OH is 1. The maximum atomic E-state index is 13.7. The molecule has 2 aromatic carbocycles. The zero-order valence-electron chi connectivity index (χ0n) is 30.2. The molecule has 3 amide bonds. The molecule has 0 unspecified atom stereocenters. The van der Waals surface area contributed by atoms with Crippen LogP contribution in [-0.2, 0) is 30.5 Å². The minimum Gasteiger partial charge on any atom is -0.392 e. The molecule has 0 radical (unpaired) electrons. The number of aliphatic hydroxyl groups is 1. The van der Waals surface area contributed by atoms with Gasteiger partial charge in [0.2, 0.25) is 11.8 Å². The molecule has 3 heterocycles. The second-order valence-electron chi connectivity index (χ2n) is 15.8. The number of fused-ring (bicyclic) bond motifs is 1. The van der Waals surface area contributed by atoms with Gasteiger partial charge in [-0.05, 0) is 88.5 Å². The van der Waals surface area contributed by atoms with E-state index in [1.807, 2.05) is 45.0 Å². The van der Waals surface area contributed by atoms with Crippen molar-refractivity contribution in [2.24, 2.45) is 5.92 Å². The molecule has 6 rings (SSSR count). The van der Waals surface area contributed by atoms with Crippen molar-refractivity contribution >= 4 is 23.4 Å². The molecule has 1 saturated carbocycles. The Kier molecular flexibility index (Phi) is 11.6. The van der Waals surface area contributed by atoms with Crippen molar-refractivity contribution in [2.75, 3.05) is 18.4 Å². The summed E-state index contributed by atoms with van der Waals surface area (Å²) in [4.78, 5) is 41.9. The summed E-state index contributed by atoms with van der Waals surface area (Å²) in [7, 11) is 0. The van der Waals surface area contributed by atoms with Crippen molar-refractivity contribution in [1.29, 1.82) is 0 Å². The number of ether oxygens (including phenoxy) is 2. The van der Waals surface area contributed by atoms with Crippen LogP contribution < -0.4 is 10.6 Å². The molecule has 4 aliphatic rings. The van der Waals surface area contributed by atoms with Gasteiger partial charge in [0, 0.05) is 42.3 Å². The van der Waals surface area contributed by atoms with Gasteiger partial charge in [0.1, 0.15) is 6.04 Å². The van der Waals surface area contributed by atoms with E-state index >= 15 is 0 Å². The number of hydrogen-bond acceptors (Lipinski definition) is 7. The normalized spacial score (nSPS) is 28.6. The van der Waals surface area contributed by atoms with Gasteiger partial charge in [-0.3, -0.25) is 19.3 Å². The lowest BCUT2D eigenvalue weighted by molar-refractivity contribution is -0.255. The number of nitrogens with zero attached hydrogens (tertiary/aromatic N) is 2. The number of benzene rings is 2. The van der Waals surface area contributed by atoms with E-state index in [2.05, 4.69) is 15.5 Å². The standard InChI is InChI=1S/C39H51F3N4O6/c1-38(2,3)44-35(49)32-18-17-25-8-4-5-11-30(25)46(32)22-29-21-33(26-15-13-24(23-47)14-16-26)52-36(51-29)27-9-6-10-28(20-27)43-34(48)31-12-7-19-45(31)37(50)39(40,41)42/h6,9-10,13-16,20,25,29-33,36,47H,4-5,7-8,11-12,17-19,21-23H2,1-3H3,(H,43,48)(H,44,49)/t25-,29+,30-,31+,32-,33-,36-/m1/s1. The molecule has 3 aliphatic heterocycles. The van der Waals surface area contributed by atoms with Gasteiger partial charge < -0.3 is 30.1 Å². The second kappa shape index (κ2) is 15.8. The maximum Gasteiger partial charge on any atom is 0.471 e. The van der Waals surface area contributed by atoms with Crippen molar-refractivity contribution in [3.63, 3.8) is 0 Å². The fraction of sp³-hybridized carbons (Fsp3) is 0.615. The van der Waals surface area contributed by atoms with Crippen LogP contribution in [0.15, 0.2) is 48.5 Å². The summed E-state index contributed by atoms with van der Waals surface area (Å²) in [6.07, 6.45) is 0.588. The third kappa shape index (κ3) is 8.98. The molecule has 284 valence electrons. The van der Waals surface area contributed by atoms with Crippen LogP contribution in [-0.4, -0.2) is 81.7 Å². The number of amides is 3. The summed E-state index contributed by atoms with van der Waals surface area (Å²) in [5, 5.41) is 15.6. The maximum absolute atomic E-state index is 13.7. The van der Waals surface area contributed by atoms with Crippen LogP contribution in [0.4, 0.5) is 18.9 Å². The van der Waals surface area contributed by atoms with Crippen LogP contribution in [0.5, 0.6) is 0 Å². The Hall–Kier alpha value is -3.52. The molecule has 3 saturated heterocycles. The third-order valence-electron chi connectivity index (χ3n) is 10.8. The van der Waals surface area contributed by atoms with Gasteiger partial charge in [-0.15, -0.1) is 0 Å². The number of halogens is 3. The average molecular weight is 729 g/mol. The minimum atomic E-state index is -5.06. The fourth-order valence-electron chi connectivity index (χ4n) is 8.43. The van der Waals surface area contributed by atoms with E-state index < -0.39 is 30.3 Å². The highest BCUT2D eigenvalue weighted by Gasteiger charge is 2.48. The van der Waals surface area contributed by atoms with E-state index in [4.69, 9.17) is 9.47 Å². The van der Waals surface area contributed by atoms with E-state index in [0.717, 1.165) is 43.2 Å². The number of piperidine rings is 1. The lowest BCUT2D eigenvalue weighted by Gasteiger charge is -2.50. The van der Waals surface area contributed by atoms with Gasteiger partial charge in [-0.1, -0.05) is 49.2 Å². The highest BCUT2D eigenvalue weighted by atomic mass is 19.4. The Bertz CT molecular complexity index is 1580. The van der Waals surface area contributed by atoms with E-state index in [1.165, 1.54) is 6.42 Å². The smallest absolute Gasteiger partial charge is 0.392 e. The number of hydrogen-bond donors (Lipinski definition) is 3. The Morgan fingerprint density at radius 2 is 1.62 bits per heavy atom. The average Bonchev–Trinajstić information content (AvgIpc) is 3.60. The molecule has 10 nitrogen and oxygen atoms in total. The lowest BCUT2D eigenvalue weighted by Crippen LogP contribution is -2.61. The largest absolute Gasteiger partial charge is 0.471 e. The van der Waals surface area contributed by atoms with E-state index in [0.29, 0.717) is 41.5 Å². The van der Waals surface area contributed by atoms with Crippen molar-refractivity contribution in [1.82, 2.24) is 15.1 Å². The summed E-state index contributed by atoms with van der Waals surface area (Å²) < 4.78 is 52.9. The first-order chi connectivity index (χ1) is 24.7. The van der Waals surface area contributed by atoms with Crippen LogP contribution in [0.3, 0.4) is 0 Å². The first kappa shape index (κ1) is 38.2. The molecule has 3 N–H and O–H groups in total. The van der Waals surface area contributed by atoms with Gasteiger partial charge in [-0.25, -0.2) is 0 Å². The number of nitrogens with one attached hydrogen (secondary N) is 2. The number of rotatable bonds is 8. The number of alkyl halides is 3. The molecule has 7 atom stereocenters. The summed E-state index contributed by atoms with van der Waals surface area (Å²) >= 11 is 0. The Morgan fingerprint density at radius 1 is 0.865 bits per heavy atom. The number of carbonyl (C=O) groups is 3. The lowest BCUT2D eigenvalue weighted by atomic mass is 9.75. The van der Waals surface area contributed by atoms with Crippen LogP contribution >= 0.6 is 0 Å². The quantitative estimate of drug-likeness (QED) is 0.298. The highest BCUT2D eigenvalue weighted by Crippen LogP contribution is 2.42. The molecule has 0 spiro atoms. The Labute approximate surface area is 303 Å². The van der Waals surface area contributed by atoms with Crippen LogP contribution in [0.25, 0.3) is 0 Å². The van der Waals surface area contributed by atoms with Gasteiger partial charge in [0.15, 0.2) is 6.29 Å². The van der Waals surface area contributed by atoms with Crippen LogP contribution in [0, 0.1) is 5.92 Å². The van der Waals surface area contributed by atoms with Gasteiger partial charge in [-0.2, -0.15) is 13.2 Å². The molecule has 2 aromatic rings. The number of anilines is 1. The molecule has 1 aliphatic carbocycles. The Balaban J connectivity index is 1.25. The molecular weight excluding hydrogens is 677 g/mol. The molecule has 0 aromatic heterocycles. The predicted octanol–water partition coefficient (Wildman–Crippen LogP) is 6.15. The third-order valence-corrected chi connectivity index (χ3v) is 10.8. The zero-order chi connectivity index (χ0) is 37.2. The van der Waals surface area contributed by atoms with E-state index in [1.54, 1.807) is 24.3 Å². The van der Waals surface area contributed by atoms with Crippen molar-refractivity contribution in [3.8, 4) is 0 Å². The molecular formula is C39H51F3N4O6. The van der Waals surface area contributed by atoms with Crippen molar-refractivity contribution < 1.29 is 42.1 Å². The number of likely N-dealkylation sites (tertiary alicyclic amines) is 2. The summed E-state index contributed by atoms with van der Waals surface area (Å²) in [6.45, 7) is 6.26. The Morgan fingerprint density at radius 3 is 2.33 bits per heavy atom. The van der Waals surface area contributed by atoms with Crippen LogP contribution in [0.1, 0.15) is 108 Å². The SMILES string of the molecule is CC(C)(C)NC(=O)[C@H]1CC[C@H]2CCCC[C@H]2N1C[C@@H]1C[C@H](c2ccc(CO)cc2)O[C@H](c2cccc(NC(=O)[C@@H]3CCCN3C(=O)C(F)(F)F)c2)O1. The summed E-state index contributed by atoms with van der Waals surface area (Å²) in [5.41, 5.74) is 2.25. The van der Waals surface area contributed by atoms with Gasteiger partial charge in [0.05, 0.1) is 24.9 Å². The van der Waals surface area contributed by atoms with Gasteiger partial charge in [0.25, 0.3) is 0 Å². The first-order valence-corrected chi connectivity index (χ1v) is 18.6. The molecule has 4 fully saturated rings. The molecule has 0 bridgehead atoms. The second-order valence-corrected chi connectivity index (χ2v) is 15.8. The topological polar surface area (TPSA) is 120 Å². The van der Waals surface area contributed by atoms with Crippen molar-refractivity contribution in [2.45, 2.75) is 134 Å². The monoisotopic (exact) mass is 728 g/mol. The molecule has 52 heavy (non-hydrogen) atoms. The predicted molar refractivity (Wildman–Crippen MR) is 188 cm³/mol. The van der Waals surface area contributed by atoms with E-state index in [9.17, 15) is 32.7 Å². The highest BCUT2D eigenvalue weighted by molar-refractivity contribution is 5.98. The number of carbonyl (C=O) groups excluding carboxylic acids is 3. The van der Waals surface area contributed by atoms with Crippen molar-refractivity contribution in [3.05, 3.63) is 65.2 Å². The van der Waals surface area contributed by atoms with Crippen LogP contribution in [0.2, 0.25) is 0 Å². The fourth-order valence-corrected chi connectivity index (χ4v) is 8.43. The summed E-state index contributed by atoms with van der Waals surface area (Å²) in [5.74, 6) is -2.16. The van der Waals surface area contributed by atoms with Gasteiger partial charge >= 0.3 is 12.1 Å². The molecule has 13 heteroatoms. The minimum absolute atomic E-state index is 0.0254. The zero-order valence-corrected chi connectivity index (χ0v) is 30.2. The first-order valence-electron chi connectivity index (χ1n) is 18.6. The summed E-state index contributed by atoms with van der Waals surface area (Å²) in [6, 6.07) is 13.2.